The molecule has 1 unspecified atom stereocenters. The van der Waals surface area contributed by atoms with Gasteiger partial charge in [0, 0.05) is 18.6 Å². The van der Waals surface area contributed by atoms with E-state index in [1.807, 2.05) is 0 Å². The molecule has 0 radical (unpaired) electrons. The first-order chi connectivity index (χ1) is 11.4. The second kappa shape index (κ2) is 8.57. The van der Waals surface area contributed by atoms with Crippen LogP contribution in [0.15, 0.2) is 12.2 Å². The van der Waals surface area contributed by atoms with Gasteiger partial charge in [0.1, 0.15) is 6.10 Å². The summed E-state index contributed by atoms with van der Waals surface area (Å²) in [7, 11) is 0. The van der Waals surface area contributed by atoms with Crippen LogP contribution >= 0.6 is 0 Å². The number of hydrogen-bond acceptors (Lipinski definition) is 3. The molecule has 0 spiro atoms. The van der Waals surface area contributed by atoms with E-state index in [0.29, 0.717) is 37.8 Å². The van der Waals surface area contributed by atoms with Crippen LogP contribution in [0.4, 0.5) is 26.3 Å². The highest BCUT2D eigenvalue weighted by Gasteiger charge is 2.57. The second-order valence-electron chi connectivity index (χ2n) is 5.92. The minimum absolute atomic E-state index is 0.350. The molecule has 1 rings (SSSR count). The van der Waals surface area contributed by atoms with Crippen LogP contribution in [0.2, 0.25) is 0 Å². The Balaban J connectivity index is 2.96. The van der Waals surface area contributed by atoms with Gasteiger partial charge in [-0.2, -0.15) is 26.3 Å². The topological polar surface area (TPSA) is 63.6 Å². The zero-order chi connectivity index (χ0) is 19.3. The van der Waals surface area contributed by atoms with Crippen molar-refractivity contribution in [1.29, 1.82) is 0 Å². The zero-order valence-corrected chi connectivity index (χ0v) is 13.1. The number of hydrogen-bond donors (Lipinski definition) is 1. The Morgan fingerprint density at radius 1 is 1.00 bits per heavy atom. The third kappa shape index (κ3) is 7.35. The maximum atomic E-state index is 12.8. The summed E-state index contributed by atoms with van der Waals surface area (Å²) in [4.78, 5) is 21.9. The van der Waals surface area contributed by atoms with E-state index in [9.17, 15) is 35.9 Å². The van der Waals surface area contributed by atoms with Crippen LogP contribution in [-0.4, -0.2) is 35.5 Å². The minimum atomic E-state index is -5.52. The van der Waals surface area contributed by atoms with Crippen molar-refractivity contribution in [1.82, 2.24) is 0 Å². The third-order valence-corrected chi connectivity index (χ3v) is 4.06. The van der Waals surface area contributed by atoms with Crippen LogP contribution in [0, 0.1) is 11.8 Å². The summed E-state index contributed by atoms with van der Waals surface area (Å²) in [5.41, 5.74) is 0. The van der Waals surface area contributed by atoms with Gasteiger partial charge in [-0.05, 0) is 18.8 Å². The lowest BCUT2D eigenvalue weighted by atomic mass is 9.81. The van der Waals surface area contributed by atoms with Crippen molar-refractivity contribution in [3.05, 3.63) is 12.2 Å². The summed E-state index contributed by atoms with van der Waals surface area (Å²) in [6.07, 6.45) is -10.4. The van der Waals surface area contributed by atoms with Crippen molar-refractivity contribution >= 4 is 11.9 Å². The Bertz CT molecular complexity index is 477. The Kier molecular flexibility index (Phi) is 7.30. The molecular weight excluding hydrogens is 358 g/mol. The van der Waals surface area contributed by atoms with E-state index in [2.05, 4.69) is 0 Å². The van der Waals surface area contributed by atoms with E-state index in [-0.39, 0.29) is 0 Å². The minimum Gasteiger partial charge on any atom is -0.478 e. The van der Waals surface area contributed by atoms with Gasteiger partial charge in [0.2, 0.25) is 0 Å². The molecule has 1 aliphatic carbocycles. The first kappa shape index (κ1) is 21.3. The number of esters is 1. The van der Waals surface area contributed by atoms with Crippen LogP contribution in [0.25, 0.3) is 0 Å². The zero-order valence-electron chi connectivity index (χ0n) is 13.1. The Hall–Kier alpha value is -1.74. The smallest absolute Gasteiger partial charge is 0.400 e. The lowest BCUT2D eigenvalue weighted by molar-refractivity contribution is -0.291. The van der Waals surface area contributed by atoms with Gasteiger partial charge < -0.3 is 9.84 Å². The molecule has 0 amide bonds. The van der Waals surface area contributed by atoms with E-state index in [1.54, 1.807) is 0 Å². The molecule has 0 aliphatic heterocycles. The first-order valence-electron chi connectivity index (χ1n) is 7.66. The highest BCUT2D eigenvalue weighted by atomic mass is 19.4. The van der Waals surface area contributed by atoms with Gasteiger partial charge in [-0.25, -0.2) is 9.59 Å². The second-order valence-corrected chi connectivity index (χ2v) is 5.92. The Morgan fingerprint density at radius 3 is 1.96 bits per heavy atom. The van der Waals surface area contributed by atoms with E-state index in [1.165, 1.54) is 0 Å². The molecule has 0 aromatic heterocycles. The highest BCUT2D eigenvalue weighted by molar-refractivity contribution is 5.90. The van der Waals surface area contributed by atoms with Gasteiger partial charge in [0.25, 0.3) is 0 Å². The molecule has 1 atom stereocenters. The lowest BCUT2D eigenvalue weighted by Crippen LogP contribution is -2.42. The fourth-order valence-corrected chi connectivity index (χ4v) is 2.86. The number of halogens is 6. The van der Waals surface area contributed by atoms with Crippen molar-refractivity contribution in [2.45, 2.75) is 57.0 Å². The average Bonchev–Trinajstić information content (AvgIpc) is 2.47. The normalized spacial score (nSPS) is 18.5. The van der Waals surface area contributed by atoms with Crippen LogP contribution in [0.1, 0.15) is 38.5 Å². The summed E-state index contributed by atoms with van der Waals surface area (Å²) in [6, 6.07) is 0. The predicted molar refractivity (Wildman–Crippen MR) is 73.4 cm³/mol. The van der Waals surface area contributed by atoms with Gasteiger partial charge >= 0.3 is 24.3 Å². The van der Waals surface area contributed by atoms with E-state index >= 15 is 0 Å². The van der Waals surface area contributed by atoms with Crippen molar-refractivity contribution in [3.8, 4) is 0 Å². The van der Waals surface area contributed by atoms with Crippen molar-refractivity contribution in [2.24, 2.45) is 11.8 Å². The standard InChI is InChI=1S/C15H18F6O4/c16-14(17,18)11(15(19,20)21)8-10(9-4-2-1-3-5-9)25-13(24)7-6-12(22)23/h6-7,9-11H,1-5,8H2,(H,22,23)/b7-6+. The molecular formula is C15H18F6O4. The fraction of sp³-hybridized carbons (Fsp3) is 0.733. The van der Waals surface area contributed by atoms with Gasteiger partial charge in [0.15, 0.2) is 5.92 Å². The number of aliphatic carboxylic acids is 1. The van der Waals surface area contributed by atoms with Crippen molar-refractivity contribution in [2.75, 3.05) is 0 Å². The summed E-state index contributed by atoms with van der Waals surface area (Å²) in [5.74, 6) is -7.00. The number of carboxylic acid groups (broad SMARTS) is 1. The molecule has 0 aromatic rings. The summed E-state index contributed by atoms with van der Waals surface area (Å²) >= 11 is 0. The third-order valence-electron chi connectivity index (χ3n) is 4.06. The fourth-order valence-electron chi connectivity index (χ4n) is 2.86. The van der Waals surface area contributed by atoms with Crippen LogP contribution in [0.3, 0.4) is 0 Å². The van der Waals surface area contributed by atoms with Crippen molar-refractivity contribution in [3.63, 3.8) is 0 Å². The number of alkyl halides is 6. The summed E-state index contributed by atoms with van der Waals surface area (Å²) < 4.78 is 81.5. The van der Waals surface area contributed by atoms with E-state index < -0.39 is 48.7 Å². The Labute approximate surface area is 139 Å². The van der Waals surface area contributed by atoms with Crippen molar-refractivity contribution < 1.29 is 45.8 Å². The summed E-state index contributed by atoms with van der Waals surface area (Å²) in [5, 5.41) is 8.41. The van der Waals surface area contributed by atoms with Gasteiger partial charge in [0.05, 0.1) is 0 Å². The number of ether oxygens (including phenoxy) is 1. The number of rotatable bonds is 6. The molecule has 144 valence electrons. The monoisotopic (exact) mass is 376 g/mol. The molecule has 0 saturated heterocycles. The van der Waals surface area contributed by atoms with Crippen LogP contribution in [0.5, 0.6) is 0 Å². The molecule has 25 heavy (non-hydrogen) atoms. The van der Waals surface area contributed by atoms with E-state index in [4.69, 9.17) is 9.84 Å². The molecule has 1 saturated carbocycles. The molecule has 1 N–H and O–H groups in total. The lowest BCUT2D eigenvalue weighted by Gasteiger charge is -2.33. The molecule has 1 aliphatic rings. The molecule has 0 bridgehead atoms. The van der Waals surface area contributed by atoms with Gasteiger partial charge in [-0.3, -0.25) is 0 Å². The quantitative estimate of drug-likeness (QED) is 0.428. The van der Waals surface area contributed by atoms with E-state index in [0.717, 1.165) is 6.42 Å². The molecule has 4 nitrogen and oxygen atoms in total. The number of carbonyl (C=O) groups is 2. The maximum Gasteiger partial charge on any atom is 0.400 e. The highest BCUT2D eigenvalue weighted by Crippen LogP contribution is 2.44. The average molecular weight is 376 g/mol. The molecule has 0 aromatic carbocycles. The summed E-state index contributed by atoms with van der Waals surface area (Å²) in [6.45, 7) is 0. The largest absolute Gasteiger partial charge is 0.478 e. The molecule has 0 heterocycles. The number of carbonyl (C=O) groups excluding carboxylic acids is 1. The van der Waals surface area contributed by atoms with Gasteiger partial charge in [-0.1, -0.05) is 19.3 Å². The van der Waals surface area contributed by atoms with Crippen LogP contribution in [-0.2, 0) is 14.3 Å². The SMILES string of the molecule is O=C(O)/C=C/C(=O)OC(CC(C(F)(F)F)C(F)(F)F)C1CCCCC1. The molecule has 10 heteroatoms. The van der Waals surface area contributed by atoms with Gasteiger partial charge in [-0.15, -0.1) is 0 Å². The number of carboxylic acids is 1. The van der Waals surface area contributed by atoms with Crippen LogP contribution < -0.4 is 0 Å². The molecule has 1 fully saturated rings. The maximum absolute atomic E-state index is 12.8. The Morgan fingerprint density at radius 2 is 1.52 bits per heavy atom. The first-order valence-corrected chi connectivity index (χ1v) is 7.66. The predicted octanol–water partition coefficient (Wildman–Crippen LogP) is 4.25.